The number of benzene rings is 1. The fraction of sp³-hybridized carbons (Fsp3) is 0.286. The maximum absolute atomic E-state index is 4.79. The number of hydrogen-bond acceptors (Lipinski definition) is 3. The number of nitrogens with zero attached hydrogens (tertiary/aromatic N) is 2. The Balaban J connectivity index is 1.95. The summed E-state index contributed by atoms with van der Waals surface area (Å²) in [4.78, 5) is 4.20. The zero-order chi connectivity index (χ0) is 14.4. The molecule has 2 N–H and O–H groups in total. The molecule has 2 aromatic rings. The molecule has 20 heavy (non-hydrogen) atoms. The van der Waals surface area contributed by atoms with E-state index < -0.39 is 0 Å². The lowest BCUT2D eigenvalue weighted by Crippen LogP contribution is -2.38. The molecule has 5 nitrogen and oxygen atoms in total. The molecule has 0 aliphatic heterocycles. The molecule has 0 fully saturated rings. The normalized spacial score (nSPS) is 13.1. The summed E-state index contributed by atoms with van der Waals surface area (Å²) in [6, 6.07) is 10.1. The summed E-state index contributed by atoms with van der Waals surface area (Å²) < 4.78 is 5.87. The molecule has 0 saturated carbocycles. The third-order valence-corrected chi connectivity index (χ3v) is 3.60. The van der Waals surface area contributed by atoms with Crippen molar-refractivity contribution in [1.29, 1.82) is 0 Å². The van der Waals surface area contributed by atoms with Crippen LogP contribution in [0.5, 0.6) is 0 Å². The molecule has 0 aliphatic rings. The highest BCUT2D eigenvalue weighted by Gasteiger charge is 2.10. The van der Waals surface area contributed by atoms with Gasteiger partial charge in [0.25, 0.3) is 0 Å². The van der Waals surface area contributed by atoms with E-state index in [1.807, 2.05) is 24.3 Å². The Hall–Kier alpha value is -1.82. The number of rotatable bonds is 4. The lowest BCUT2D eigenvalue weighted by Gasteiger charge is -2.19. The first-order chi connectivity index (χ1) is 9.70. The van der Waals surface area contributed by atoms with Gasteiger partial charge in [-0.25, -0.2) is 0 Å². The largest absolute Gasteiger partial charge is 0.364 e. The van der Waals surface area contributed by atoms with Crippen LogP contribution >= 0.6 is 15.9 Å². The minimum Gasteiger partial charge on any atom is -0.364 e. The maximum atomic E-state index is 4.79. The molecule has 2 rings (SSSR count). The predicted octanol–water partition coefficient (Wildman–Crippen LogP) is 2.86. The smallest absolute Gasteiger partial charge is 0.191 e. The van der Waals surface area contributed by atoms with Crippen LogP contribution in [0.4, 0.5) is 0 Å². The van der Waals surface area contributed by atoms with Crippen molar-refractivity contribution in [3.05, 3.63) is 52.3 Å². The molecule has 0 radical (unpaired) electrons. The van der Waals surface area contributed by atoms with Gasteiger partial charge in [-0.15, -0.1) is 0 Å². The van der Waals surface area contributed by atoms with Crippen molar-refractivity contribution in [2.75, 3.05) is 7.05 Å². The summed E-state index contributed by atoms with van der Waals surface area (Å²) >= 11 is 3.56. The van der Waals surface area contributed by atoms with Gasteiger partial charge in [0.15, 0.2) is 5.96 Å². The zero-order valence-electron chi connectivity index (χ0n) is 11.4. The molecule has 1 aromatic carbocycles. The van der Waals surface area contributed by atoms with Crippen LogP contribution in [0.3, 0.4) is 0 Å². The van der Waals surface area contributed by atoms with Gasteiger partial charge in [0.1, 0.15) is 12.0 Å². The second-order valence-corrected chi connectivity index (χ2v) is 5.16. The van der Waals surface area contributed by atoms with Crippen LogP contribution in [0.1, 0.15) is 24.2 Å². The number of hydrogen-bond donors (Lipinski definition) is 2. The third kappa shape index (κ3) is 3.84. The number of aliphatic imine (C=N–C) groups is 1. The summed E-state index contributed by atoms with van der Waals surface area (Å²) in [5, 5.41) is 10.4. The monoisotopic (exact) mass is 336 g/mol. The summed E-state index contributed by atoms with van der Waals surface area (Å²) in [5.74, 6) is 0.719. The molecule has 0 aliphatic carbocycles. The van der Waals surface area contributed by atoms with E-state index >= 15 is 0 Å². The average Bonchev–Trinajstić information content (AvgIpc) is 2.97. The van der Waals surface area contributed by atoms with E-state index in [2.05, 4.69) is 49.7 Å². The standard InChI is InChI=1S/C14H17BrN4O/c1-10(12-5-3-4-6-13(12)15)18-14(16-2)17-9-11-7-8-20-19-11/h3-8,10H,9H2,1-2H3,(H2,16,17,18). The van der Waals surface area contributed by atoms with Gasteiger partial charge < -0.3 is 15.2 Å². The van der Waals surface area contributed by atoms with Crippen molar-refractivity contribution in [3.63, 3.8) is 0 Å². The number of nitrogens with one attached hydrogen (secondary N) is 2. The highest BCUT2D eigenvalue weighted by molar-refractivity contribution is 9.10. The number of halogens is 1. The fourth-order valence-corrected chi connectivity index (χ4v) is 2.43. The first kappa shape index (κ1) is 14.6. The Labute approximate surface area is 126 Å². The second-order valence-electron chi connectivity index (χ2n) is 4.30. The van der Waals surface area contributed by atoms with Gasteiger partial charge >= 0.3 is 0 Å². The van der Waals surface area contributed by atoms with E-state index in [-0.39, 0.29) is 6.04 Å². The van der Waals surface area contributed by atoms with Gasteiger partial charge in [0.2, 0.25) is 0 Å². The van der Waals surface area contributed by atoms with Crippen LogP contribution in [0, 0.1) is 0 Å². The van der Waals surface area contributed by atoms with E-state index in [1.54, 1.807) is 13.3 Å². The molecule has 6 heteroatoms. The number of aromatic nitrogens is 1. The fourth-order valence-electron chi connectivity index (χ4n) is 1.81. The molecule has 1 aromatic heterocycles. The Bertz CT molecular complexity index is 568. The molecular formula is C14H17BrN4O. The van der Waals surface area contributed by atoms with Crippen LogP contribution in [0.15, 0.2) is 50.6 Å². The highest BCUT2D eigenvalue weighted by Crippen LogP contribution is 2.22. The Kier molecular flexibility index (Phi) is 5.17. The minimum absolute atomic E-state index is 0.133. The van der Waals surface area contributed by atoms with Crippen molar-refractivity contribution in [2.24, 2.45) is 4.99 Å². The van der Waals surface area contributed by atoms with Crippen molar-refractivity contribution < 1.29 is 4.52 Å². The Morgan fingerprint density at radius 1 is 1.40 bits per heavy atom. The first-order valence-corrected chi connectivity index (χ1v) is 7.11. The summed E-state index contributed by atoms with van der Waals surface area (Å²) in [6.45, 7) is 2.65. The van der Waals surface area contributed by atoms with Crippen LogP contribution in [0.2, 0.25) is 0 Å². The summed E-state index contributed by atoms with van der Waals surface area (Å²) in [7, 11) is 1.74. The molecule has 0 spiro atoms. The van der Waals surface area contributed by atoms with Gasteiger partial charge in [-0.2, -0.15) is 0 Å². The lowest BCUT2D eigenvalue weighted by atomic mass is 10.1. The van der Waals surface area contributed by atoms with Crippen LogP contribution < -0.4 is 10.6 Å². The molecule has 0 bridgehead atoms. The first-order valence-electron chi connectivity index (χ1n) is 6.31. The van der Waals surface area contributed by atoms with Gasteiger partial charge in [0, 0.05) is 17.6 Å². The SMILES string of the molecule is CN=C(NCc1ccon1)NC(C)c1ccccc1Br. The average molecular weight is 337 g/mol. The lowest BCUT2D eigenvalue weighted by molar-refractivity contribution is 0.410. The zero-order valence-corrected chi connectivity index (χ0v) is 13.0. The number of guanidine groups is 1. The predicted molar refractivity (Wildman–Crippen MR) is 82.4 cm³/mol. The van der Waals surface area contributed by atoms with Crippen LogP contribution in [0.25, 0.3) is 0 Å². The van der Waals surface area contributed by atoms with Crippen molar-refractivity contribution >= 4 is 21.9 Å². The van der Waals surface area contributed by atoms with Crippen molar-refractivity contribution in [1.82, 2.24) is 15.8 Å². The Morgan fingerprint density at radius 2 is 2.20 bits per heavy atom. The Morgan fingerprint density at radius 3 is 2.85 bits per heavy atom. The molecule has 1 heterocycles. The third-order valence-electron chi connectivity index (χ3n) is 2.88. The molecule has 1 atom stereocenters. The van der Waals surface area contributed by atoms with E-state index in [0.717, 1.165) is 16.1 Å². The molecular weight excluding hydrogens is 320 g/mol. The molecule has 0 amide bonds. The summed E-state index contributed by atoms with van der Waals surface area (Å²) in [5.41, 5.74) is 2.01. The topological polar surface area (TPSA) is 62.5 Å². The van der Waals surface area contributed by atoms with E-state index in [9.17, 15) is 0 Å². The minimum atomic E-state index is 0.133. The van der Waals surface area contributed by atoms with Crippen molar-refractivity contribution in [2.45, 2.75) is 19.5 Å². The van der Waals surface area contributed by atoms with Gasteiger partial charge in [-0.1, -0.05) is 39.3 Å². The van der Waals surface area contributed by atoms with Crippen LogP contribution in [-0.4, -0.2) is 18.2 Å². The second kappa shape index (κ2) is 7.09. The molecule has 0 saturated heterocycles. The molecule has 1 unspecified atom stereocenters. The highest BCUT2D eigenvalue weighted by atomic mass is 79.9. The van der Waals surface area contributed by atoms with Gasteiger partial charge in [-0.3, -0.25) is 4.99 Å². The van der Waals surface area contributed by atoms with E-state index in [0.29, 0.717) is 6.54 Å². The quantitative estimate of drug-likeness (QED) is 0.665. The van der Waals surface area contributed by atoms with Crippen LogP contribution in [-0.2, 0) is 6.54 Å². The summed E-state index contributed by atoms with van der Waals surface area (Å²) in [6.07, 6.45) is 1.55. The van der Waals surface area contributed by atoms with E-state index in [1.165, 1.54) is 5.56 Å². The molecule has 106 valence electrons. The van der Waals surface area contributed by atoms with E-state index in [4.69, 9.17) is 4.52 Å². The maximum Gasteiger partial charge on any atom is 0.191 e. The van der Waals surface area contributed by atoms with Crippen molar-refractivity contribution in [3.8, 4) is 0 Å². The van der Waals surface area contributed by atoms with Gasteiger partial charge in [-0.05, 0) is 18.6 Å². The van der Waals surface area contributed by atoms with Gasteiger partial charge in [0.05, 0.1) is 12.6 Å².